The molecule has 3 nitrogen and oxygen atoms in total. The maximum atomic E-state index is 10.1. The van der Waals surface area contributed by atoms with Crippen molar-refractivity contribution in [2.24, 2.45) is 0 Å². The highest BCUT2D eigenvalue weighted by Crippen LogP contribution is 2.22. The van der Waals surface area contributed by atoms with Crippen LogP contribution in [0, 0.1) is 0 Å². The predicted octanol–water partition coefficient (Wildman–Crippen LogP) is 2.02. The van der Waals surface area contributed by atoms with Crippen molar-refractivity contribution < 1.29 is 5.11 Å². The van der Waals surface area contributed by atoms with Crippen LogP contribution in [0.2, 0.25) is 0 Å². The van der Waals surface area contributed by atoms with E-state index in [2.05, 4.69) is 10.3 Å². The Bertz CT molecular complexity index is 522. The van der Waals surface area contributed by atoms with Crippen LogP contribution in [0.3, 0.4) is 0 Å². The molecule has 2 N–H and O–H groups in total. The summed E-state index contributed by atoms with van der Waals surface area (Å²) in [6.45, 7) is 0.635. The molecule has 0 bridgehead atoms. The fourth-order valence-corrected chi connectivity index (χ4v) is 1.98. The van der Waals surface area contributed by atoms with Crippen LogP contribution in [0.4, 0.5) is 0 Å². The molecule has 3 rings (SSSR count). The first kappa shape index (κ1) is 10.7. The number of nitrogens with one attached hydrogen (secondary N) is 1. The van der Waals surface area contributed by atoms with Gasteiger partial charge in [-0.15, -0.1) is 0 Å². The molecule has 2 aromatic rings. The fourth-order valence-electron chi connectivity index (χ4n) is 1.98. The molecule has 1 fully saturated rings. The zero-order valence-electron chi connectivity index (χ0n) is 9.63. The van der Waals surface area contributed by atoms with Gasteiger partial charge in [-0.3, -0.25) is 4.98 Å². The Morgan fingerprint density at radius 3 is 3.06 bits per heavy atom. The third kappa shape index (κ3) is 2.46. The minimum Gasteiger partial charge on any atom is -0.387 e. The molecule has 3 heteroatoms. The van der Waals surface area contributed by atoms with Gasteiger partial charge in [0.05, 0.1) is 11.6 Å². The van der Waals surface area contributed by atoms with Crippen LogP contribution in [-0.4, -0.2) is 22.7 Å². The highest BCUT2D eigenvalue weighted by atomic mass is 16.3. The number of hydrogen-bond acceptors (Lipinski definition) is 3. The van der Waals surface area contributed by atoms with Crippen molar-refractivity contribution in [3.05, 3.63) is 42.1 Å². The molecule has 1 heterocycles. The van der Waals surface area contributed by atoms with Gasteiger partial charge in [0.2, 0.25) is 0 Å². The first-order valence-electron chi connectivity index (χ1n) is 6.09. The first-order valence-corrected chi connectivity index (χ1v) is 6.09. The monoisotopic (exact) mass is 228 g/mol. The lowest BCUT2D eigenvalue weighted by atomic mass is 10.1. The molecule has 1 aromatic heterocycles. The summed E-state index contributed by atoms with van der Waals surface area (Å²) < 4.78 is 0. The molecule has 1 unspecified atom stereocenters. The molecule has 0 amide bonds. The van der Waals surface area contributed by atoms with Crippen LogP contribution in [0.25, 0.3) is 10.9 Å². The van der Waals surface area contributed by atoms with Crippen molar-refractivity contribution >= 4 is 10.9 Å². The molecule has 1 aliphatic rings. The largest absolute Gasteiger partial charge is 0.387 e. The Morgan fingerprint density at radius 1 is 1.35 bits per heavy atom. The molecule has 1 aromatic carbocycles. The van der Waals surface area contributed by atoms with E-state index in [4.69, 9.17) is 0 Å². The van der Waals surface area contributed by atoms with Gasteiger partial charge in [-0.05, 0) is 36.6 Å². The van der Waals surface area contributed by atoms with Gasteiger partial charge in [-0.1, -0.05) is 12.1 Å². The summed E-state index contributed by atoms with van der Waals surface area (Å²) >= 11 is 0. The number of aromatic nitrogens is 1. The van der Waals surface area contributed by atoms with E-state index in [1.807, 2.05) is 30.3 Å². The lowest BCUT2D eigenvalue weighted by Crippen LogP contribution is -2.23. The van der Waals surface area contributed by atoms with Crippen molar-refractivity contribution in [2.45, 2.75) is 25.0 Å². The third-order valence-electron chi connectivity index (χ3n) is 3.19. The van der Waals surface area contributed by atoms with E-state index in [9.17, 15) is 5.11 Å². The van der Waals surface area contributed by atoms with Crippen LogP contribution in [0.1, 0.15) is 24.5 Å². The summed E-state index contributed by atoms with van der Waals surface area (Å²) in [7, 11) is 0. The summed E-state index contributed by atoms with van der Waals surface area (Å²) in [4.78, 5) is 4.27. The number of aliphatic hydroxyl groups is 1. The second-order valence-corrected chi connectivity index (χ2v) is 4.65. The van der Waals surface area contributed by atoms with Gasteiger partial charge in [0, 0.05) is 24.2 Å². The molecule has 1 atom stereocenters. The first-order chi connectivity index (χ1) is 8.33. The van der Waals surface area contributed by atoms with Crippen molar-refractivity contribution in [2.75, 3.05) is 6.54 Å². The Morgan fingerprint density at radius 2 is 2.24 bits per heavy atom. The number of pyridine rings is 1. The molecular formula is C14H16N2O. The number of nitrogens with zero attached hydrogens (tertiary/aromatic N) is 1. The van der Waals surface area contributed by atoms with Gasteiger partial charge >= 0.3 is 0 Å². The van der Waals surface area contributed by atoms with Crippen LogP contribution >= 0.6 is 0 Å². The zero-order valence-corrected chi connectivity index (χ0v) is 9.63. The number of fused-ring (bicyclic) bond motifs is 1. The fraction of sp³-hybridized carbons (Fsp3) is 0.357. The van der Waals surface area contributed by atoms with E-state index in [0.717, 1.165) is 16.5 Å². The molecule has 17 heavy (non-hydrogen) atoms. The molecule has 0 aliphatic heterocycles. The number of aliphatic hydroxyl groups excluding tert-OH is 1. The number of hydrogen-bond donors (Lipinski definition) is 2. The van der Waals surface area contributed by atoms with Gasteiger partial charge in [-0.25, -0.2) is 0 Å². The second-order valence-electron chi connectivity index (χ2n) is 4.65. The SMILES string of the molecule is OC(CNC1CC1)c1ccc2ncccc2c1. The Kier molecular flexibility index (Phi) is 2.79. The maximum absolute atomic E-state index is 10.1. The molecule has 1 aliphatic carbocycles. The standard InChI is InChI=1S/C14H16N2O/c17-14(9-16-12-4-5-12)11-3-6-13-10(8-11)2-1-7-15-13/h1-3,6-8,12,14,16-17H,4-5,9H2. The molecule has 1 saturated carbocycles. The van der Waals surface area contributed by atoms with E-state index in [1.165, 1.54) is 12.8 Å². The van der Waals surface area contributed by atoms with Crippen LogP contribution in [0.5, 0.6) is 0 Å². The summed E-state index contributed by atoms with van der Waals surface area (Å²) in [5.74, 6) is 0. The summed E-state index contributed by atoms with van der Waals surface area (Å²) in [6, 6.07) is 10.5. The molecule has 0 spiro atoms. The molecule has 0 saturated heterocycles. The average Bonchev–Trinajstić information content (AvgIpc) is 3.19. The smallest absolute Gasteiger partial charge is 0.0914 e. The van der Waals surface area contributed by atoms with E-state index < -0.39 is 6.10 Å². The Balaban J connectivity index is 1.78. The zero-order chi connectivity index (χ0) is 11.7. The van der Waals surface area contributed by atoms with Gasteiger partial charge < -0.3 is 10.4 Å². The molecule has 88 valence electrons. The van der Waals surface area contributed by atoms with E-state index in [0.29, 0.717) is 12.6 Å². The van der Waals surface area contributed by atoms with E-state index in [-0.39, 0.29) is 0 Å². The summed E-state index contributed by atoms with van der Waals surface area (Å²) in [6.07, 6.45) is 3.84. The highest BCUT2D eigenvalue weighted by molar-refractivity contribution is 5.79. The highest BCUT2D eigenvalue weighted by Gasteiger charge is 2.21. The Labute approximate surface area is 100 Å². The minimum atomic E-state index is -0.430. The van der Waals surface area contributed by atoms with Gasteiger partial charge in [0.1, 0.15) is 0 Å². The van der Waals surface area contributed by atoms with E-state index >= 15 is 0 Å². The minimum absolute atomic E-state index is 0.430. The molecular weight excluding hydrogens is 212 g/mol. The maximum Gasteiger partial charge on any atom is 0.0914 e. The topological polar surface area (TPSA) is 45.1 Å². The summed E-state index contributed by atoms with van der Waals surface area (Å²) in [5, 5.41) is 14.5. The normalized spacial score (nSPS) is 17.2. The van der Waals surface area contributed by atoms with Crippen LogP contribution < -0.4 is 5.32 Å². The second kappa shape index (κ2) is 4.43. The van der Waals surface area contributed by atoms with Crippen LogP contribution in [0.15, 0.2) is 36.5 Å². The van der Waals surface area contributed by atoms with Gasteiger partial charge in [-0.2, -0.15) is 0 Å². The van der Waals surface area contributed by atoms with Gasteiger partial charge in [0.15, 0.2) is 0 Å². The van der Waals surface area contributed by atoms with Crippen molar-refractivity contribution in [3.8, 4) is 0 Å². The molecule has 0 radical (unpaired) electrons. The predicted molar refractivity (Wildman–Crippen MR) is 67.7 cm³/mol. The van der Waals surface area contributed by atoms with Crippen molar-refractivity contribution in [1.82, 2.24) is 10.3 Å². The summed E-state index contributed by atoms with van der Waals surface area (Å²) in [5.41, 5.74) is 1.93. The van der Waals surface area contributed by atoms with Crippen molar-refractivity contribution in [3.63, 3.8) is 0 Å². The van der Waals surface area contributed by atoms with Gasteiger partial charge in [0.25, 0.3) is 0 Å². The lowest BCUT2D eigenvalue weighted by Gasteiger charge is -2.12. The Hall–Kier alpha value is -1.45. The average molecular weight is 228 g/mol. The quantitative estimate of drug-likeness (QED) is 0.841. The van der Waals surface area contributed by atoms with Crippen LogP contribution in [-0.2, 0) is 0 Å². The third-order valence-corrected chi connectivity index (χ3v) is 3.19. The van der Waals surface area contributed by atoms with Crippen molar-refractivity contribution in [1.29, 1.82) is 0 Å². The van der Waals surface area contributed by atoms with E-state index in [1.54, 1.807) is 6.20 Å². The number of benzene rings is 1. The lowest BCUT2D eigenvalue weighted by molar-refractivity contribution is 0.174. The number of rotatable bonds is 4.